The number of hydrogen-bond acceptors (Lipinski definition) is 6. The molecule has 2 N–H and O–H groups in total. The normalized spacial score (nSPS) is 11.8. The number of pyridine rings is 1. The number of aromatic nitrogens is 1. The summed E-state index contributed by atoms with van der Waals surface area (Å²) in [6.07, 6.45) is 3.95. The predicted octanol–water partition coefficient (Wildman–Crippen LogP) is 2.29. The van der Waals surface area contributed by atoms with E-state index in [0.29, 0.717) is 18.9 Å². The zero-order valence-corrected chi connectivity index (χ0v) is 13.2. The van der Waals surface area contributed by atoms with Gasteiger partial charge in [-0.15, -0.1) is 0 Å². The van der Waals surface area contributed by atoms with Gasteiger partial charge < -0.3 is 10.6 Å². The molecular formula is C13H20N4O3S. The zero-order valence-electron chi connectivity index (χ0n) is 12.4. The van der Waals surface area contributed by atoms with Gasteiger partial charge in [-0.3, -0.25) is 14.9 Å². The average Bonchev–Trinajstić information content (AvgIpc) is 2.49. The Morgan fingerprint density at radius 2 is 2.29 bits per heavy atom. The predicted molar refractivity (Wildman–Crippen MR) is 85.0 cm³/mol. The van der Waals surface area contributed by atoms with E-state index >= 15 is 0 Å². The first-order chi connectivity index (χ1) is 9.99. The lowest BCUT2D eigenvalue weighted by Gasteiger charge is -2.11. The fourth-order valence-electron chi connectivity index (χ4n) is 1.54. The van der Waals surface area contributed by atoms with Gasteiger partial charge in [-0.2, -0.15) is 11.8 Å². The van der Waals surface area contributed by atoms with E-state index in [0.717, 1.165) is 12.6 Å². The lowest BCUT2D eigenvalue weighted by molar-refractivity contribution is -0.385. The number of nitrogens with one attached hydrogen (secondary N) is 2. The molecular weight excluding hydrogens is 292 g/mol. The van der Waals surface area contributed by atoms with Gasteiger partial charge in [0, 0.05) is 24.4 Å². The largest absolute Gasteiger partial charge is 0.370 e. The maximum atomic E-state index is 12.1. The average molecular weight is 312 g/mol. The molecule has 1 atom stereocenters. The minimum atomic E-state index is -0.594. The number of hydrogen-bond donors (Lipinski definition) is 2. The second kappa shape index (κ2) is 8.46. The first-order valence-corrected chi connectivity index (χ1v) is 7.97. The van der Waals surface area contributed by atoms with E-state index in [1.807, 2.05) is 20.1 Å². The Labute approximate surface area is 128 Å². The molecule has 1 amide bonds. The van der Waals surface area contributed by atoms with Crippen molar-refractivity contribution in [2.45, 2.75) is 25.5 Å². The molecule has 0 spiro atoms. The van der Waals surface area contributed by atoms with Crippen LogP contribution in [0.5, 0.6) is 0 Å². The smallest absolute Gasteiger partial charge is 0.300 e. The van der Waals surface area contributed by atoms with Crippen LogP contribution in [0.15, 0.2) is 12.3 Å². The molecule has 1 heterocycles. The Morgan fingerprint density at radius 3 is 2.86 bits per heavy atom. The highest BCUT2D eigenvalue weighted by molar-refractivity contribution is 7.99. The summed E-state index contributed by atoms with van der Waals surface area (Å²) in [6, 6.07) is 1.42. The molecule has 1 unspecified atom stereocenters. The number of carbonyl (C=O) groups is 1. The van der Waals surface area contributed by atoms with E-state index in [9.17, 15) is 14.9 Å². The van der Waals surface area contributed by atoms with Gasteiger partial charge in [0.05, 0.1) is 4.92 Å². The SMILES string of the molecule is CCCNc1cc(C(=O)NCC(C)SC)c([N+](=O)[O-])cn1. The molecule has 0 aliphatic carbocycles. The topological polar surface area (TPSA) is 97.2 Å². The Kier molecular flexibility index (Phi) is 6.93. The monoisotopic (exact) mass is 312 g/mol. The Morgan fingerprint density at radius 1 is 1.57 bits per heavy atom. The molecule has 0 radical (unpaired) electrons. The van der Waals surface area contributed by atoms with Crippen LogP contribution in [0.3, 0.4) is 0 Å². The molecule has 0 saturated heterocycles. The summed E-state index contributed by atoms with van der Waals surface area (Å²) in [5.41, 5.74) is -0.256. The van der Waals surface area contributed by atoms with Crippen molar-refractivity contribution in [2.24, 2.45) is 0 Å². The quantitative estimate of drug-likeness (QED) is 0.564. The van der Waals surface area contributed by atoms with Crippen molar-refractivity contribution in [2.75, 3.05) is 24.7 Å². The van der Waals surface area contributed by atoms with E-state index in [2.05, 4.69) is 15.6 Å². The lowest BCUT2D eigenvalue weighted by atomic mass is 10.2. The highest BCUT2D eigenvalue weighted by atomic mass is 32.2. The van der Waals surface area contributed by atoms with Crippen LogP contribution in [0.2, 0.25) is 0 Å². The van der Waals surface area contributed by atoms with Crippen LogP contribution in [-0.2, 0) is 0 Å². The number of thioether (sulfide) groups is 1. The van der Waals surface area contributed by atoms with Gasteiger partial charge in [-0.05, 0) is 12.7 Å². The summed E-state index contributed by atoms with van der Waals surface area (Å²) in [4.78, 5) is 26.5. The highest BCUT2D eigenvalue weighted by Gasteiger charge is 2.21. The maximum absolute atomic E-state index is 12.1. The van der Waals surface area contributed by atoms with Crippen LogP contribution in [-0.4, -0.2) is 40.4 Å². The third-order valence-corrected chi connectivity index (χ3v) is 3.80. The summed E-state index contributed by atoms with van der Waals surface area (Å²) in [6.45, 7) is 5.11. The maximum Gasteiger partial charge on any atom is 0.300 e. The molecule has 21 heavy (non-hydrogen) atoms. The summed E-state index contributed by atoms with van der Waals surface area (Å²) in [7, 11) is 0. The van der Waals surface area contributed by atoms with E-state index in [1.165, 1.54) is 6.07 Å². The van der Waals surface area contributed by atoms with Gasteiger partial charge in [0.2, 0.25) is 0 Å². The summed E-state index contributed by atoms with van der Waals surface area (Å²) < 4.78 is 0. The summed E-state index contributed by atoms with van der Waals surface area (Å²) in [5.74, 6) is 0.00932. The first-order valence-electron chi connectivity index (χ1n) is 6.68. The van der Waals surface area contributed by atoms with E-state index < -0.39 is 10.8 Å². The van der Waals surface area contributed by atoms with Crippen molar-refractivity contribution in [3.8, 4) is 0 Å². The molecule has 1 rings (SSSR count). The molecule has 1 aromatic rings. The van der Waals surface area contributed by atoms with E-state index in [4.69, 9.17) is 0 Å². The molecule has 8 heteroatoms. The van der Waals surface area contributed by atoms with E-state index in [1.54, 1.807) is 11.8 Å². The van der Waals surface area contributed by atoms with Crippen molar-refractivity contribution >= 4 is 29.2 Å². The van der Waals surface area contributed by atoms with Gasteiger partial charge in [-0.25, -0.2) is 4.98 Å². The second-order valence-electron chi connectivity index (χ2n) is 4.53. The number of amides is 1. The first kappa shape index (κ1) is 17.2. The molecule has 0 fully saturated rings. The van der Waals surface area contributed by atoms with Crippen LogP contribution in [0.4, 0.5) is 11.5 Å². The number of rotatable bonds is 8. The van der Waals surface area contributed by atoms with Crippen LogP contribution in [0.1, 0.15) is 30.6 Å². The van der Waals surface area contributed by atoms with Gasteiger partial charge in [0.25, 0.3) is 11.6 Å². The number of nitrogens with zero attached hydrogens (tertiary/aromatic N) is 2. The highest BCUT2D eigenvalue weighted by Crippen LogP contribution is 2.20. The fraction of sp³-hybridized carbons (Fsp3) is 0.538. The summed E-state index contributed by atoms with van der Waals surface area (Å²) in [5, 5.41) is 17.0. The third kappa shape index (κ3) is 5.22. The van der Waals surface area contributed by atoms with Crippen LogP contribution in [0, 0.1) is 10.1 Å². The Bertz CT molecular complexity index is 510. The minimum absolute atomic E-state index is 0.0295. The molecule has 116 valence electrons. The van der Waals surface area contributed by atoms with Crippen LogP contribution in [0.25, 0.3) is 0 Å². The zero-order chi connectivity index (χ0) is 15.8. The van der Waals surface area contributed by atoms with Gasteiger partial charge >= 0.3 is 0 Å². The number of nitro groups is 1. The van der Waals surface area contributed by atoms with Crippen molar-refractivity contribution in [1.29, 1.82) is 0 Å². The number of anilines is 1. The standard InChI is InChI=1S/C13H20N4O3S/c1-4-5-14-12-6-10(11(8-15-12)17(19)20)13(18)16-7-9(2)21-3/h6,8-9H,4-5,7H2,1-3H3,(H,14,15)(H,16,18). The third-order valence-electron chi connectivity index (χ3n) is 2.83. The Balaban J connectivity index is 2.94. The van der Waals surface area contributed by atoms with Gasteiger partial charge in [0.15, 0.2) is 0 Å². The van der Waals surface area contributed by atoms with E-state index in [-0.39, 0.29) is 16.5 Å². The van der Waals surface area contributed by atoms with Gasteiger partial charge in [0.1, 0.15) is 17.6 Å². The van der Waals surface area contributed by atoms with Crippen molar-refractivity contribution < 1.29 is 9.72 Å². The van der Waals surface area contributed by atoms with Crippen molar-refractivity contribution in [3.63, 3.8) is 0 Å². The molecule has 0 aromatic carbocycles. The molecule has 0 aliphatic rings. The van der Waals surface area contributed by atoms with Crippen LogP contribution < -0.4 is 10.6 Å². The van der Waals surface area contributed by atoms with Crippen molar-refractivity contribution in [1.82, 2.24) is 10.3 Å². The van der Waals surface area contributed by atoms with Crippen LogP contribution >= 0.6 is 11.8 Å². The fourth-order valence-corrected chi connectivity index (χ4v) is 1.79. The Hall–Kier alpha value is -1.83. The van der Waals surface area contributed by atoms with Crippen molar-refractivity contribution in [3.05, 3.63) is 27.9 Å². The molecule has 0 bridgehead atoms. The minimum Gasteiger partial charge on any atom is -0.370 e. The van der Waals surface area contributed by atoms with Gasteiger partial charge in [-0.1, -0.05) is 13.8 Å². The summed E-state index contributed by atoms with van der Waals surface area (Å²) >= 11 is 1.61. The lowest BCUT2D eigenvalue weighted by Crippen LogP contribution is -2.30. The molecule has 1 aromatic heterocycles. The second-order valence-corrected chi connectivity index (χ2v) is 5.80. The molecule has 0 aliphatic heterocycles. The molecule has 0 saturated carbocycles. The number of carbonyl (C=O) groups excluding carboxylic acids is 1. The molecule has 7 nitrogen and oxygen atoms in total.